The van der Waals surface area contributed by atoms with Crippen LogP contribution in [0, 0.1) is 0 Å². The molecule has 134 valence electrons. The summed E-state index contributed by atoms with van der Waals surface area (Å²) in [4.78, 5) is 16.3. The van der Waals surface area contributed by atoms with Gasteiger partial charge in [0.25, 0.3) is 0 Å². The van der Waals surface area contributed by atoms with Gasteiger partial charge in [0, 0.05) is 15.4 Å². The van der Waals surface area contributed by atoms with Crippen LogP contribution in [-0.2, 0) is 16.1 Å². The van der Waals surface area contributed by atoms with E-state index in [4.69, 9.17) is 14.2 Å². The van der Waals surface area contributed by atoms with Crippen molar-refractivity contribution in [1.82, 2.24) is 4.98 Å². The Morgan fingerprint density at radius 3 is 2.77 bits per heavy atom. The Balaban J connectivity index is 1.52. The van der Waals surface area contributed by atoms with Gasteiger partial charge in [0.2, 0.25) is 0 Å². The Morgan fingerprint density at radius 1 is 1.15 bits per heavy atom. The summed E-state index contributed by atoms with van der Waals surface area (Å²) in [6.45, 7) is -0.0372. The molecule has 26 heavy (non-hydrogen) atoms. The summed E-state index contributed by atoms with van der Waals surface area (Å²) in [6.07, 6.45) is 0. The van der Waals surface area contributed by atoms with Gasteiger partial charge in [0.1, 0.15) is 23.1 Å². The summed E-state index contributed by atoms with van der Waals surface area (Å²) >= 11 is 4.84. The van der Waals surface area contributed by atoms with Gasteiger partial charge in [0.15, 0.2) is 6.61 Å². The van der Waals surface area contributed by atoms with Crippen LogP contribution in [0.15, 0.2) is 58.4 Å². The predicted molar refractivity (Wildman–Crippen MR) is 104 cm³/mol. The molecule has 0 bridgehead atoms. The first kappa shape index (κ1) is 18.4. The van der Waals surface area contributed by atoms with Crippen LogP contribution >= 0.6 is 27.3 Å². The topological polar surface area (TPSA) is 57.7 Å². The molecule has 0 saturated carbocycles. The van der Waals surface area contributed by atoms with E-state index in [-0.39, 0.29) is 13.2 Å². The summed E-state index contributed by atoms with van der Waals surface area (Å²) < 4.78 is 16.7. The fourth-order valence-electron chi connectivity index (χ4n) is 2.16. The molecule has 0 aliphatic heterocycles. The number of thiazole rings is 1. The van der Waals surface area contributed by atoms with Gasteiger partial charge in [-0.15, -0.1) is 11.3 Å². The van der Waals surface area contributed by atoms with E-state index in [1.54, 1.807) is 19.2 Å². The fraction of sp³-hybridized carbons (Fsp3) is 0.158. The Bertz CT molecular complexity index is 897. The molecule has 1 aromatic heterocycles. The van der Waals surface area contributed by atoms with Crippen molar-refractivity contribution in [3.8, 4) is 22.1 Å². The molecule has 5 nitrogen and oxygen atoms in total. The molecule has 0 saturated heterocycles. The highest BCUT2D eigenvalue weighted by molar-refractivity contribution is 9.10. The van der Waals surface area contributed by atoms with Crippen LogP contribution in [0.3, 0.4) is 0 Å². The first-order valence-electron chi connectivity index (χ1n) is 7.77. The molecule has 0 N–H and O–H groups in total. The molecule has 0 aliphatic rings. The smallest absolute Gasteiger partial charge is 0.344 e. The zero-order valence-electron chi connectivity index (χ0n) is 14.0. The second-order valence-corrected chi connectivity index (χ2v) is 7.06. The lowest BCUT2D eigenvalue weighted by Gasteiger charge is -2.06. The van der Waals surface area contributed by atoms with E-state index in [2.05, 4.69) is 20.9 Å². The first-order valence-corrected chi connectivity index (χ1v) is 9.44. The number of nitrogens with zero attached hydrogens (tertiary/aromatic N) is 1. The highest BCUT2D eigenvalue weighted by Crippen LogP contribution is 2.27. The Hall–Kier alpha value is -2.38. The zero-order chi connectivity index (χ0) is 18.4. The zero-order valence-corrected chi connectivity index (χ0v) is 16.4. The lowest BCUT2D eigenvalue weighted by molar-refractivity contribution is -0.147. The normalized spacial score (nSPS) is 10.4. The van der Waals surface area contributed by atoms with Gasteiger partial charge in [-0.3, -0.25) is 0 Å². The minimum atomic E-state index is -0.444. The van der Waals surface area contributed by atoms with Crippen LogP contribution in [0.1, 0.15) is 5.69 Å². The number of rotatable bonds is 7. The van der Waals surface area contributed by atoms with E-state index >= 15 is 0 Å². The van der Waals surface area contributed by atoms with Crippen LogP contribution in [0.5, 0.6) is 11.5 Å². The quantitative estimate of drug-likeness (QED) is 0.505. The van der Waals surface area contributed by atoms with E-state index in [0.717, 1.165) is 20.8 Å². The van der Waals surface area contributed by atoms with E-state index in [9.17, 15) is 4.79 Å². The second kappa shape index (κ2) is 8.82. The van der Waals surface area contributed by atoms with E-state index in [0.29, 0.717) is 11.4 Å². The Labute approximate surface area is 163 Å². The monoisotopic (exact) mass is 433 g/mol. The van der Waals surface area contributed by atoms with Crippen LogP contribution < -0.4 is 9.47 Å². The van der Waals surface area contributed by atoms with Crippen LogP contribution in [0.25, 0.3) is 10.6 Å². The molecular weight excluding hydrogens is 418 g/mol. The molecule has 0 atom stereocenters. The average molecular weight is 434 g/mol. The number of ether oxygens (including phenoxy) is 3. The molecule has 2 aromatic carbocycles. The molecule has 0 amide bonds. The van der Waals surface area contributed by atoms with Crippen LogP contribution in [-0.4, -0.2) is 24.7 Å². The Kier molecular flexibility index (Phi) is 6.25. The maximum absolute atomic E-state index is 11.8. The van der Waals surface area contributed by atoms with Gasteiger partial charge >= 0.3 is 5.97 Å². The highest BCUT2D eigenvalue weighted by atomic mass is 79.9. The standard InChI is InChI=1S/C19H16BrNO4S/c1-23-16-6-2-4-13(8-16)19-21-15(12-26-19)10-25-18(22)11-24-17-7-3-5-14(20)9-17/h2-9,12H,10-11H2,1H3. The summed E-state index contributed by atoms with van der Waals surface area (Å²) in [5, 5.41) is 2.72. The van der Waals surface area contributed by atoms with Gasteiger partial charge < -0.3 is 14.2 Å². The van der Waals surface area contributed by atoms with Crippen molar-refractivity contribution in [2.75, 3.05) is 13.7 Å². The summed E-state index contributed by atoms with van der Waals surface area (Å²) in [6, 6.07) is 14.9. The molecule has 1 heterocycles. The third kappa shape index (κ3) is 5.06. The van der Waals surface area contributed by atoms with Crippen LogP contribution in [0.4, 0.5) is 0 Å². The number of halogens is 1. The van der Waals surface area contributed by atoms with Crippen molar-refractivity contribution in [2.45, 2.75) is 6.61 Å². The third-order valence-electron chi connectivity index (χ3n) is 3.40. The van der Waals surface area contributed by atoms with E-state index in [1.807, 2.05) is 41.8 Å². The highest BCUT2D eigenvalue weighted by Gasteiger charge is 2.09. The number of esters is 1. The average Bonchev–Trinajstić information content (AvgIpc) is 3.14. The fourth-order valence-corrected chi connectivity index (χ4v) is 3.34. The molecule has 0 radical (unpaired) electrons. The maximum atomic E-state index is 11.8. The van der Waals surface area contributed by atoms with Gasteiger partial charge in [-0.2, -0.15) is 0 Å². The van der Waals surface area contributed by atoms with Crippen molar-refractivity contribution in [2.24, 2.45) is 0 Å². The Morgan fingerprint density at radius 2 is 1.96 bits per heavy atom. The lowest BCUT2D eigenvalue weighted by atomic mass is 10.2. The van der Waals surface area contributed by atoms with Crippen molar-refractivity contribution in [3.63, 3.8) is 0 Å². The number of carbonyl (C=O) groups excluding carboxylic acids is 1. The molecule has 0 fully saturated rings. The SMILES string of the molecule is COc1cccc(-c2nc(COC(=O)COc3cccc(Br)c3)cs2)c1. The van der Waals surface area contributed by atoms with Crippen molar-refractivity contribution in [1.29, 1.82) is 0 Å². The largest absolute Gasteiger partial charge is 0.497 e. The molecule has 0 spiro atoms. The van der Waals surface area contributed by atoms with E-state index in [1.165, 1.54) is 11.3 Å². The molecule has 3 rings (SSSR count). The third-order valence-corrected chi connectivity index (χ3v) is 4.84. The molecular formula is C19H16BrNO4S. The van der Waals surface area contributed by atoms with Crippen molar-refractivity contribution in [3.05, 3.63) is 64.1 Å². The van der Waals surface area contributed by atoms with Crippen molar-refractivity contribution >= 4 is 33.2 Å². The predicted octanol–water partition coefficient (Wildman–Crippen LogP) is 4.70. The van der Waals surface area contributed by atoms with Gasteiger partial charge in [-0.1, -0.05) is 34.1 Å². The number of benzene rings is 2. The number of methoxy groups -OCH3 is 1. The minimum Gasteiger partial charge on any atom is -0.497 e. The van der Waals surface area contributed by atoms with Gasteiger partial charge in [0.05, 0.1) is 12.8 Å². The molecule has 0 unspecified atom stereocenters. The van der Waals surface area contributed by atoms with Gasteiger partial charge in [-0.25, -0.2) is 9.78 Å². The molecule has 7 heteroatoms. The summed E-state index contributed by atoms with van der Waals surface area (Å²) in [5.41, 5.74) is 1.66. The molecule has 0 aliphatic carbocycles. The number of hydrogen-bond donors (Lipinski definition) is 0. The van der Waals surface area contributed by atoms with Gasteiger partial charge in [-0.05, 0) is 30.3 Å². The first-order chi connectivity index (χ1) is 12.6. The number of hydrogen-bond acceptors (Lipinski definition) is 6. The summed E-state index contributed by atoms with van der Waals surface area (Å²) in [7, 11) is 1.63. The van der Waals surface area contributed by atoms with Crippen molar-refractivity contribution < 1.29 is 19.0 Å². The number of carbonyl (C=O) groups is 1. The van der Waals surface area contributed by atoms with E-state index < -0.39 is 5.97 Å². The lowest BCUT2D eigenvalue weighted by Crippen LogP contribution is -2.14. The molecule has 3 aromatic rings. The number of aromatic nitrogens is 1. The second-order valence-electron chi connectivity index (χ2n) is 5.28. The summed E-state index contributed by atoms with van der Waals surface area (Å²) in [5.74, 6) is 0.932. The minimum absolute atomic E-state index is 0.112. The van der Waals surface area contributed by atoms with Crippen LogP contribution in [0.2, 0.25) is 0 Å². The maximum Gasteiger partial charge on any atom is 0.344 e.